The molecule has 1 aromatic carbocycles. The van der Waals surface area contributed by atoms with Crippen LogP contribution in [0, 0.1) is 0 Å². The van der Waals surface area contributed by atoms with E-state index in [4.69, 9.17) is 9.47 Å². The predicted molar refractivity (Wildman–Crippen MR) is 90.3 cm³/mol. The maximum atomic E-state index is 11.9. The zero-order valence-electron chi connectivity index (χ0n) is 14.1. The first-order chi connectivity index (χ1) is 10.8. The number of hydrogen-bond donors (Lipinski definition) is 0. The van der Waals surface area contributed by atoms with E-state index in [2.05, 4.69) is 13.8 Å². The van der Waals surface area contributed by atoms with Gasteiger partial charge in [-0.05, 0) is 30.5 Å². The summed E-state index contributed by atoms with van der Waals surface area (Å²) >= 11 is 0. The van der Waals surface area contributed by atoms with Gasteiger partial charge in [0.25, 0.3) is 0 Å². The Balaban J connectivity index is 2.12. The normalized spacial score (nSPS) is 10.6. The average Bonchev–Trinajstić information content (AvgIpc) is 2.54. The first kappa shape index (κ1) is 18.7. The molecule has 3 heteroatoms. The number of carbonyl (C=O) groups excluding carboxylic acids is 1. The number of hydrogen-bond acceptors (Lipinski definition) is 3. The molecule has 3 nitrogen and oxygen atoms in total. The Morgan fingerprint density at radius 3 is 2.55 bits per heavy atom. The fourth-order valence-electron chi connectivity index (χ4n) is 2.33. The molecule has 0 aliphatic carbocycles. The van der Waals surface area contributed by atoms with Crippen LogP contribution in [0.25, 0.3) is 0 Å². The van der Waals surface area contributed by atoms with Crippen molar-refractivity contribution < 1.29 is 14.3 Å². The number of ether oxygens (including phenoxy) is 2. The molecule has 0 atom stereocenters. The number of aryl methyl sites for hydroxylation is 1. The summed E-state index contributed by atoms with van der Waals surface area (Å²) in [5.74, 6) is -0.260. The van der Waals surface area contributed by atoms with Gasteiger partial charge in [0.15, 0.2) is 0 Å². The summed E-state index contributed by atoms with van der Waals surface area (Å²) in [4.78, 5) is 11.9. The monoisotopic (exact) mass is 306 g/mol. The van der Waals surface area contributed by atoms with Crippen LogP contribution in [0.2, 0.25) is 0 Å². The minimum atomic E-state index is -0.260. The molecule has 1 rings (SSSR count). The molecule has 124 valence electrons. The van der Waals surface area contributed by atoms with Crippen molar-refractivity contribution in [3.63, 3.8) is 0 Å². The third-order valence-electron chi connectivity index (χ3n) is 3.55. The van der Waals surface area contributed by atoms with E-state index in [0.29, 0.717) is 18.8 Å². The molecule has 0 amide bonds. The van der Waals surface area contributed by atoms with E-state index < -0.39 is 0 Å². The second-order valence-electron chi connectivity index (χ2n) is 5.61. The molecule has 0 spiro atoms. The second-order valence-corrected chi connectivity index (χ2v) is 5.61. The lowest BCUT2D eigenvalue weighted by Crippen LogP contribution is -2.11. The molecule has 1 aromatic rings. The summed E-state index contributed by atoms with van der Waals surface area (Å²) in [7, 11) is 0. The van der Waals surface area contributed by atoms with Crippen LogP contribution in [-0.2, 0) is 15.9 Å². The van der Waals surface area contributed by atoms with Crippen LogP contribution in [0.15, 0.2) is 24.3 Å². The van der Waals surface area contributed by atoms with Gasteiger partial charge in [0.05, 0.1) is 12.2 Å². The average molecular weight is 306 g/mol. The smallest absolute Gasteiger partial charge is 0.338 e. The Labute approximate surface area is 135 Å². The van der Waals surface area contributed by atoms with Gasteiger partial charge in [-0.2, -0.15) is 0 Å². The Morgan fingerprint density at radius 1 is 0.955 bits per heavy atom. The van der Waals surface area contributed by atoms with Crippen LogP contribution in [0.3, 0.4) is 0 Å². The first-order valence-electron chi connectivity index (χ1n) is 8.61. The maximum Gasteiger partial charge on any atom is 0.338 e. The van der Waals surface area contributed by atoms with E-state index in [0.717, 1.165) is 25.9 Å². The van der Waals surface area contributed by atoms with Crippen LogP contribution in [-0.4, -0.2) is 25.8 Å². The minimum absolute atomic E-state index is 0.260. The fraction of sp³-hybridized carbons (Fsp3) is 0.632. The zero-order chi connectivity index (χ0) is 16.0. The third-order valence-corrected chi connectivity index (χ3v) is 3.55. The summed E-state index contributed by atoms with van der Waals surface area (Å²) in [6.45, 7) is 5.90. The van der Waals surface area contributed by atoms with Crippen molar-refractivity contribution in [2.75, 3.05) is 19.8 Å². The van der Waals surface area contributed by atoms with Gasteiger partial charge >= 0.3 is 5.97 Å². The molecule has 0 saturated carbocycles. The number of benzene rings is 1. The van der Waals surface area contributed by atoms with Gasteiger partial charge in [0.1, 0.15) is 6.61 Å². The maximum absolute atomic E-state index is 11.9. The number of carbonyl (C=O) groups is 1. The molecule has 0 radical (unpaired) electrons. The van der Waals surface area contributed by atoms with Crippen LogP contribution < -0.4 is 0 Å². The predicted octanol–water partition coefficient (Wildman–Crippen LogP) is 4.78. The molecule has 0 aliphatic heterocycles. The second kappa shape index (κ2) is 12.2. The highest BCUT2D eigenvalue weighted by molar-refractivity contribution is 5.89. The standard InChI is InChI=1S/C19H30O3/c1-3-5-6-7-8-13-21-14-15-22-19(20)18-12-9-11-17(16-18)10-4-2/h9,11-12,16H,3-8,10,13-15H2,1-2H3. The zero-order valence-corrected chi connectivity index (χ0v) is 14.1. The van der Waals surface area contributed by atoms with Crippen LogP contribution in [0.5, 0.6) is 0 Å². The molecule has 0 heterocycles. The van der Waals surface area contributed by atoms with Crippen molar-refractivity contribution in [3.8, 4) is 0 Å². The molecular formula is C19H30O3. The molecule has 0 saturated heterocycles. The number of rotatable bonds is 12. The Morgan fingerprint density at radius 2 is 1.77 bits per heavy atom. The molecule has 0 fully saturated rings. The Hall–Kier alpha value is -1.35. The minimum Gasteiger partial charge on any atom is -0.460 e. The molecular weight excluding hydrogens is 276 g/mol. The van der Waals surface area contributed by atoms with Gasteiger partial charge in [-0.15, -0.1) is 0 Å². The van der Waals surface area contributed by atoms with Gasteiger partial charge in [0.2, 0.25) is 0 Å². The highest BCUT2D eigenvalue weighted by Gasteiger charge is 2.07. The lowest BCUT2D eigenvalue weighted by atomic mass is 10.1. The molecule has 0 N–H and O–H groups in total. The van der Waals surface area contributed by atoms with Crippen molar-refractivity contribution in [2.45, 2.75) is 58.8 Å². The van der Waals surface area contributed by atoms with Crippen molar-refractivity contribution in [3.05, 3.63) is 35.4 Å². The Bertz CT molecular complexity index is 415. The van der Waals surface area contributed by atoms with Gasteiger partial charge in [-0.25, -0.2) is 4.79 Å². The van der Waals surface area contributed by atoms with Crippen molar-refractivity contribution in [1.29, 1.82) is 0 Å². The van der Waals surface area contributed by atoms with E-state index in [1.165, 1.54) is 31.2 Å². The molecule has 0 aromatic heterocycles. The van der Waals surface area contributed by atoms with Crippen LogP contribution in [0.1, 0.15) is 68.3 Å². The summed E-state index contributed by atoms with van der Waals surface area (Å²) in [5, 5.41) is 0. The van der Waals surface area contributed by atoms with Gasteiger partial charge < -0.3 is 9.47 Å². The lowest BCUT2D eigenvalue weighted by Gasteiger charge is -2.07. The van der Waals surface area contributed by atoms with Gasteiger partial charge in [0, 0.05) is 6.61 Å². The topological polar surface area (TPSA) is 35.5 Å². The summed E-state index contributed by atoms with van der Waals surface area (Å²) in [6.07, 6.45) is 8.21. The molecule has 0 bridgehead atoms. The first-order valence-corrected chi connectivity index (χ1v) is 8.61. The lowest BCUT2D eigenvalue weighted by molar-refractivity contribution is 0.0312. The number of unbranched alkanes of at least 4 members (excludes halogenated alkanes) is 4. The molecule has 22 heavy (non-hydrogen) atoms. The largest absolute Gasteiger partial charge is 0.460 e. The highest BCUT2D eigenvalue weighted by atomic mass is 16.6. The summed E-state index contributed by atoms with van der Waals surface area (Å²) in [6, 6.07) is 7.67. The quantitative estimate of drug-likeness (QED) is 0.412. The van der Waals surface area contributed by atoms with E-state index in [9.17, 15) is 4.79 Å². The Kier molecular flexibility index (Phi) is 10.4. The van der Waals surface area contributed by atoms with E-state index >= 15 is 0 Å². The summed E-state index contributed by atoms with van der Waals surface area (Å²) < 4.78 is 10.7. The SMILES string of the molecule is CCCCCCCOCCOC(=O)c1cccc(CCC)c1. The van der Waals surface area contributed by atoms with Crippen molar-refractivity contribution in [1.82, 2.24) is 0 Å². The molecule has 0 unspecified atom stereocenters. The molecule has 0 aliphatic rings. The van der Waals surface area contributed by atoms with E-state index in [-0.39, 0.29) is 5.97 Å². The van der Waals surface area contributed by atoms with Crippen molar-refractivity contribution in [2.24, 2.45) is 0 Å². The fourth-order valence-corrected chi connectivity index (χ4v) is 2.33. The van der Waals surface area contributed by atoms with Gasteiger partial charge in [-0.3, -0.25) is 0 Å². The number of esters is 1. The van der Waals surface area contributed by atoms with E-state index in [1.54, 1.807) is 6.07 Å². The third kappa shape index (κ3) is 8.18. The van der Waals surface area contributed by atoms with Crippen molar-refractivity contribution >= 4 is 5.97 Å². The van der Waals surface area contributed by atoms with Crippen LogP contribution >= 0.6 is 0 Å². The highest BCUT2D eigenvalue weighted by Crippen LogP contribution is 2.09. The van der Waals surface area contributed by atoms with Crippen LogP contribution in [0.4, 0.5) is 0 Å². The van der Waals surface area contributed by atoms with E-state index in [1.807, 2.05) is 18.2 Å². The van der Waals surface area contributed by atoms with Gasteiger partial charge in [-0.1, -0.05) is 58.1 Å². The summed E-state index contributed by atoms with van der Waals surface area (Å²) in [5.41, 5.74) is 1.81.